The van der Waals surface area contributed by atoms with E-state index in [4.69, 9.17) is 10.6 Å². The van der Waals surface area contributed by atoms with Gasteiger partial charge in [-0.2, -0.15) is 0 Å². The number of carbonyl (C=O) groups is 2. The van der Waals surface area contributed by atoms with Gasteiger partial charge in [-0.25, -0.2) is 5.84 Å². The zero-order valence-corrected chi connectivity index (χ0v) is 13.1. The summed E-state index contributed by atoms with van der Waals surface area (Å²) in [6, 6.07) is 12.3. The van der Waals surface area contributed by atoms with E-state index in [0.717, 1.165) is 16.8 Å². The molecule has 0 saturated carbocycles. The Balaban J connectivity index is 1.97. The summed E-state index contributed by atoms with van der Waals surface area (Å²) in [6.07, 6.45) is 0. The molecule has 0 aromatic heterocycles. The Labute approximate surface area is 134 Å². The molecule has 4 N–H and O–H groups in total. The molecule has 0 aliphatic rings. The number of amides is 2. The highest BCUT2D eigenvalue weighted by molar-refractivity contribution is 5.94. The van der Waals surface area contributed by atoms with Crippen molar-refractivity contribution in [3.8, 4) is 5.75 Å². The molecule has 2 rings (SSSR count). The Morgan fingerprint density at radius 3 is 2.65 bits per heavy atom. The van der Waals surface area contributed by atoms with Crippen molar-refractivity contribution >= 4 is 17.5 Å². The first-order valence-corrected chi connectivity index (χ1v) is 7.10. The summed E-state index contributed by atoms with van der Waals surface area (Å²) in [5, 5.41) is 2.81. The quantitative estimate of drug-likeness (QED) is 0.446. The number of hydrazine groups is 1. The molecule has 0 bridgehead atoms. The van der Waals surface area contributed by atoms with Crippen molar-refractivity contribution in [2.45, 2.75) is 13.8 Å². The summed E-state index contributed by atoms with van der Waals surface area (Å²) >= 11 is 0. The zero-order chi connectivity index (χ0) is 16.8. The summed E-state index contributed by atoms with van der Waals surface area (Å²) in [6.45, 7) is 3.73. The van der Waals surface area contributed by atoms with Gasteiger partial charge in [0.05, 0.1) is 0 Å². The lowest BCUT2D eigenvalue weighted by atomic mass is 10.1. The predicted molar refractivity (Wildman–Crippen MR) is 88.1 cm³/mol. The largest absolute Gasteiger partial charge is 0.484 e. The number of nitrogen functional groups attached to an aromatic ring is 1. The van der Waals surface area contributed by atoms with E-state index >= 15 is 0 Å². The van der Waals surface area contributed by atoms with Crippen LogP contribution in [0.4, 0.5) is 5.69 Å². The topological polar surface area (TPSA) is 93.4 Å². The first-order chi connectivity index (χ1) is 11.0. The number of carbonyl (C=O) groups excluding carboxylic acids is 2. The lowest BCUT2D eigenvalue weighted by Gasteiger charge is -2.11. The van der Waals surface area contributed by atoms with Crippen LogP contribution in [0.2, 0.25) is 0 Å². The van der Waals surface area contributed by atoms with Gasteiger partial charge in [-0.05, 0) is 49.2 Å². The molecule has 0 aliphatic heterocycles. The van der Waals surface area contributed by atoms with E-state index < -0.39 is 5.91 Å². The number of benzene rings is 2. The van der Waals surface area contributed by atoms with Gasteiger partial charge in [0.1, 0.15) is 5.75 Å². The predicted octanol–water partition coefficient (Wildman–Crippen LogP) is 1.92. The van der Waals surface area contributed by atoms with Crippen LogP contribution < -0.4 is 21.3 Å². The molecule has 0 unspecified atom stereocenters. The smallest absolute Gasteiger partial charge is 0.265 e. The van der Waals surface area contributed by atoms with Crippen LogP contribution in [-0.4, -0.2) is 18.4 Å². The number of nitrogens with two attached hydrogens (primary N) is 1. The lowest BCUT2D eigenvalue weighted by Crippen LogP contribution is -2.30. The van der Waals surface area contributed by atoms with Gasteiger partial charge in [-0.3, -0.25) is 15.0 Å². The van der Waals surface area contributed by atoms with Gasteiger partial charge in [0, 0.05) is 11.3 Å². The van der Waals surface area contributed by atoms with Gasteiger partial charge >= 0.3 is 0 Å². The monoisotopic (exact) mass is 313 g/mol. The maximum Gasteiger partial charge on any atom is 0.265 e. The number of rotatable bonds is 5. The molecule has 0 atom stereocenters. The van der Waals surface area contributed by atoms with Gasteiger partial charge in [0.15, 0.2) is 6.61 Å². The number of nitrogens with one attached hydrogen (secondary N) is 2. The van der Waals surface area contributed by atoms with Crippen LogP contribution in [0.3, 0.4) is 0 Å². The number of anilines is 1. The molecule has 0 spiro atoms. The second-order valence-corrected chi connectivity index (χ2v) is 5.16. The van der Waals surface area contributed by atoms with Crippen LogP contribution in [-0.2, 0) is 4.79 Å². The molecular formula is C17H19N3O3. The van der Waals surface area contributed by atoms with E-state index in [1.54, 1.807) is 18.2 Å². The van der Waals surface area contributed by atoms with E-state index in [-0.39, 0.29) is 12.5 Å². The Bertz CT molecular complexity index is 729. The molecular weight excluding hydrogens is 294 g/mol. The van der Waals surface area contributed by atoms with Gasteiger partial charge in [0.2, 0.25) is 0 Å². The van der Waals surface area contributed by atoms with E-state index in [9.17, 15) is 9.59 Å². The Morgan fingerprint density at radius 2 is 1.91 bits per heavy atom. The van der Waals surface area contributed by atoms with Crippen LogP contribution in [0.25, 0.3) is 0 Å². The average Bonchev–Trinajstić information content (AvgIpc) is 2.56. The summed E-state index contributed by atoms with van der Waals surface area (Å²) in [4.78, 5) is 23.4. The van der Waals surface area contributed by atoms with Crippen molar-refractivity contribution in [2.75, 3.05) is 11.9 Å². The molecule has 23 heavy (non-hydrogen) atoms. The zero-order valence-electron chi connectivity index (χ0n) is 13.1. The summed E-state index contributed by atoms with van der Waals surface area (Å²) in [7, 11) is 0. The van der Waals surface area contributed by atoms with Crippen molar-refractivity contribution in [2.24, 2.45) is 5.84 Å². The fourth-order valence-corrected chi connectivity index (χ4v) is 2.02. The first-order valence-electron chi connectivity index (χ1n) is 7.10. The molecule has 0 heterocycles. The van der Waals surface area contributed by atoms with Crippen LogP contribution in [0.5, 0.6) is 5.75 Å². The lowest BCUT2D eigenvalue weighted by molar-refractivity contribution is -0.118. The molecule has 6 heteroatoms. The minimum Gasteiger partial charge on any atom is -0.484 e. The fraction of sp³-hybridized carbons (Fsp3) is 0.176. The van der Waals surface area contributed by atoms with Crippen LogP contribution >= 0.6 is 0 Å². The molecule has 0 aliphatic carbocycles. The SMILES string of the molecule is Cc1ccc(C)c(NC(=O)COc2cccc(C(=O)NN)c2)c1. The second-order valence-electron chi connectivity index (χ2n) is 5.16. The third-order valence-corrected chi connectivity index (χ3v) is 3.26. The molecule has 6 nitrogen and oxygen atoms in total. The summed E-state index contributed by atoms with van der Waals surface area (Å²) in [5.74, 6) is 4.81. The van der Waals surface area contributed by atoms with Crippen LogP contribution in [0.1, 0.15) is 21.5 Å². The van der Waals surface area contributed by atoms with Gasteiger partial charge < -0.3 is 10.1 Å². The van der Waals surface area contributed by atoms with Crippen LogP contribution in [0, 0.1) is 13.8 Å². The summed E-state index contributed by atoms with van der Waals surface area (Å²) < 4.78 is 5.41. The van der Waals surface area contributed by atoms with Crippen molar-refractivity contribution in [1.82, 2.24) is 5.43 Å². The van der Waals surface area contributed by atoms with Gasteiger partial charge in [-0.15, -0.1) is 0 Å². The minimum atomic E-state index is -0.421. The highest BCUT2D eigenvalue weighted by Crippen LogP contribution is 2.17. The van der Waals surface area contributed by atoms with Crippen molar-refractivity contribution in [1.29, 1.82) is 0 Å². The molecule has 120 valence electrons. The standard InChI is InChI=1S/C17H19N3O3/c1-11-6-7-12(2)15(8-11)19-16(21)10-23-14-5-3-4-13(9-14)17(22)20-18/h3-9H,10,18H2,1-2H3,(H,19,21)(H,20,22). The second kappa shape index (κ2) is 7.42. The van der Waals surface area contributed by atoms with Gasteiger partial charge in [-0.1, -0.05) is 18.2 Å². The Hall–Kier alpha value is -2.86. The van der Waals surface area contributed by atoms with E-state index in [1.165, 1.54) is 6.07 Å². The van der Waals surface area contributed by atoms with Crippen molar-refractivity contribution in [3.05, 3.63) is 59.2 Å². The molecule has 2 aromatic rings. The normalized spacial score (nSPS) is 10.0. The number of aryl methyl sites for hydroxylation is 2. The van der Waals surface area contributed by atoms with Gasteiger partial charge in [0.25, 0.3) is 11.8 Å². The number of ether oxygens (including phenoxy) is 1. The molecule has 2 aromatic carbocycles. The third kappa shape index (κ3) is 4.55. The van der Waals surface area contributed by atoms with E-state index in [2.05, 4.69) is 5.32 Å². The van der Waals surface area contributed by atoms with E-state index in [1.807, 2.05) is 37.5 Å². The highest BCUT2D eigenvalue weighted by atomic mass is 16.5. The Morgan fingerprint density at radius 1 is 1.13 bits per heavy atom. The fourth-order valence-electron chi connectivity index (χ4n) is 2.02. The maximum absolute atomic E-state index is 12.0. The Kier molecular flexibility index (Phi) is 5.32. The molecule has 0 radical (unpaired) electrons. The first kappa shape index (κ1) is 16.5. The summed E-state index contributed by atoms with van der Waals surface area (Å²) in [5.41, 5.74) is 5.20. The minimum absolute atomic E-state index is 0.152. The van der Waals surface area contributed by atoms with Crippen LogP contribution in [0.15, 0.2) is 42.5 Å². The maximum atomic E-state index is 12.0. The average molecular weight is 313 g/mol. The third-order valence-electron chi connectivity index (χ3n) is 3.26. The molecule has 2 amide bonds. The number of hydrogen-bond acceptors (Lipinski definition) is 4. The molecule has 0 fully saturated rings. The van der Waals surface area contributed by atoms with Crippen molar-refractivity contribution < 1.29 is 14.3 Å². The van der Waals surface area contributed by atoms with E-state index in [0.29, 0.717) is 11.3 Å². The highest BCUT2D eigenvalue weighted by Gasteiger charge is 2.08. The molecule has 0 saturated heterocycles. The van der Waals surface area contributed by atoms with Crippen molar-refractivity contribution in [3.63, 3.8) is 0 Å². The number of hydrogen-bond donors (Lipinski definition) is 3.